The summed E-state index contributed by atoms with van der Waals surface area (Å²) in [5.41, 5.74) is 0. The van der Waals surface area contributed by atoms with Gasteiger partial charge in [-0.15, -0.1) is 0 Å². The number of piperazine rings is 1. The zero-order valence-electron chi connectivity index (χ0n) is 6.88. The highest BCUT2D eigenvalue weighted by Crippen LogP contribution is 1.93. The normalized spacial score (nSPS) is 21.6. The van der Waals surface area contributed by atoms with E-state index in [0.29, 0.717) is 0 Å². The molecule has 0 bridgehead atoms. The molecule has 1 fully saturated rings. The van der Waals surface area contributed by atoms with Crippen LogP contribution in [0.3, 0.4) is 0 Å². The summed E-state index contributed by atoms with van der Waals surface area (Å²) in [4.78, 5) is 4.72. The molecule has 0 unspecified atom stereocenters. The van der Waals surface area contributed by atoms with E-state index in [1.54, 1.807) is 0 Å². The molecule has 0 atom stereocenters. The molecular formula is C6H18N4. The zero-order valence-corrected chi connectivity index (χ0v) is 6.88. The van der Waals surface area contributed by atoms with Crippen molar-refractivity contribution in [3.8, 4) is 0 Å². The molecule has 4 nitrogen and oxygen atoms in total. The van der Waals surface area contributed by atoms with Crippen LogP contribution in [0.5, 0.6) is 0 Å². The molecule has 0 aromatic carbocycles. The van der Waals surface area contributed by atoms with E-state index in [0.717, 1.165) is 0 Å². The molecule has 4 N–H and O–H groups in total. The van der Waals surface area contributed by atoms with Crippen LogP contribution in [-0.2, 0) is 0 Å². The highest BCUT2D eigenvalue weighted by molar-refractivity contribution is 4.64. The molecule has 0 aromatic heterocycles. The lowest BCUT2D eigenvalue weighted by molar-refractivity contribution is 0.181. The number of nitrogens with zero attached hydrogens (tertiary/aromatic N) is 2. The number of rotatable bonds is 0. The van der Waals surface area contributed by atoms with Crippen LogP contribution >= 0.6 is 0 Å². The maximum atomic E-state index is 4.00. The van der Waals surface area contributed by atoms with E-state index in [9.17, 15) is 0 Å². The zero-order chi connectivity index (χ0) is 7.98. The van der Waals surface area contributed by atoms with Crippen molar-refractivity contribution in [3.63, 3.8) is 0 Å². The summed E-state index contributed by atoms with van der Waals surface area (Å²) in [6.45, 7) is 4.93. The van der Waals surface area contributed by atoms with Gasteiger partial charge < -0.3 is 9.80 Å². The molecular weight excluding hydrogens is 128 g/mol. The summed E-state index contributed by atoms with van der Waals surface area (Å²) in [5, 5.41) is 0. The van der Waals surface area contributed by atoms with E-state index in [1.807, 2.05) is 0 Å². The number of hydrazine groups is 1. The van der Waals surface area contributed by atoms with Crippen LogP contribution in [-0.4, -0.2) is 50.1 Å². The van der Waals surface area contributed by atoms with Crippen LogP contribution in [0.25, 0.3) is 0 Å². The van der Waals surface area contributed by atoms with Crippen molar-refractivity contribution >= 4 is 0 Å². The van der Waals surface area contributed by atoms with Gasteiger partial charge in [-0.3, -0.25) is 11.7 Å². The monoisotopic (exact) mass is 146 g/mol. The number of hydrogen-bond donors (Lipinski definition) is 2. The van der Waals surface area contributed by atoms with Crippen LogP contribution in [0.4, 0.5) is 0 Å². The van der Waals surface area contributed by atoms with Crippen molar-refractivity contribution < 1.29 is 0 Å². The summed E-state index contributed by atoms with van der Waals surface area (Å²) >= 11 is 0. The Morgan fingerprint density at radius 2 is 1.00 bits per heavy atom. The summed E-state index contributed by atoms with van der Waals surface area (Å²) < 4.78 is 0. The lowest BCUT2D eigenvalue weighted by atomic mass is 10.4. The van der Waals surface area contributed by atoms with Crippen LogP contribution in [0.1, 0.15) is 0 Å². The van der Waals surface area contributed by atoms with Crippen LogP contribution in [0.2, 0.25) is 0 Å². The standard InChI is InChI=1S/C6H14N2.H4N2/c1-7-3-5-8(2)6-4-7;1-2/h3-6H2,1-2H3;1-2H2. The molecule has 0 saturated carbocycles. The summed E-state index contributed by atoms with van der Waals surface area (Å²) in [6, 6.07) is 0. The Hall–Kier alpha value is -0.160. The van der Waals surface area contributed by atoms with Gasteiger partial charge in [0.25, 0.3) is 0 Å². The molecule has 0 spiro atoms. The molecule has 0 aromatic rings. The minimum atomic E-state index is 1.23. The highest BCUT2D eigenvalue weighted by Gasteiger charge is 2.07. The van der Waals surface area contributed by atoms with Crippen molar-refractivity contribution in [1.29, 1.82) is 0 Å². The fourth-order valence-corrected chi connectivity index (χ4v) is 0.906. The fourth-order valence-electron chi connectivity index (χ4n) is 0.906. The van der Waals surface area contributed by atoms with E-state index in [1.165, 1.54) is 26.2 Å². The molecule has 1 rings (SSSR count). The lowest BCUT2D eigenvalue weighted by Gasteiger charge is -2.28. The average Bonchev–Trinajstić information content (AvgIpc) is 2.00. The van der Waals surface area contributed by atoms with Crippen LogP contribution < -0.4 is 11.7 Å². The second kappa shape index (κ2) is 5.61. The Balaban J connectivity index is 0.000000371. The topological polar surface area (TPSA) is 58.5 Å². The van der Waals surface area contributed by atoms with E-state index < -0.39 is 0 Å². The minimum absolute atomic E-state index is 1.23. The maximum absolute atomic E-state index is 4.00. The van der Waals surface area contributed by atoms with Gasteiger partial charge in [-0.05, 0) is 14.1 Å². The number of nitrogens with two attached hydrogens (primary N) is 2. The number of hydrogen-bond acceptors (Lipinski definition) is 4. The van der Waals surface area contributed by atoms with Gasteiger partial charge >= 0.3 is 0 Å². The molecule has 10 heavy (non-hydrogen) atoms. The van der Waals surface area contributed by atoms with E-state index >= 15 is 0 Å². The van der Waals surface area contributed by atoms with Gasteiger partial charge in [-0.25, -0.2) is 0 Å². The van der Waals surface area contributed by atoms with Gasteiger partial charge in [0, 0.05) is 26.2 Å². The van der Waals surface area contributed by atoms with Gasteiger partial charge in [0.05, 0.1) is 0 Å². The Morgan fingerprint density at radius 3 is 1.20 bits per heavy atom. The largest absolute Gasteiger partial charge is 0.304 e. The second-order valence-corrected chi connectivity index (χ2v) is 2.61. The summed E-state index contributed by atoms with van der Waals surface area (Å²) in [5.74, 6) is 8.00. The van der Waals surface area contributed by atoms with Crippen LogP contribution in [0, 0.1) is 0 Å². The Labute approximate surface area is 62.7 Å². The predicted molar refractivity (Wildman–Crippen MR) is 43.4 cm³/mol. The van der Waals surface area contributed by atoms with Crippen molar-refractivity contribution in [2.24, 2.45) is 11.7 Å². The van der Waals surface area contributed by atoms with Crippen LogP contribution in [0.15, 0.2) is 0 Å². The molecule has 1 saturated heterocycles. The van der Waals surface area contributed by atoms with Gasteiger partial charge in [0.2, 0.25) is 0 Å². The van der Waals surface area contributed by atoms with Crippen molar-refractivity contribution in [3.05, 3.63) is 0 Å². The fraction of sp³-hybridized carbons (Fsp3) is 1.00. The molecule has 1 heterocycles. The maximum Gasteiger partial charge on any atom is 0.0107 e. The van der Waals surface area contributed by atoms with Crippen molar-refractivity contribution in [1.82, 2.24) is 9.80 Å². The second-order valence-electron chi connectivity index (χ2n) is 2.61. The van der Waals surface area contributed by atoms with Gasteiger partial charge in [0.1, 0.15) is 0 Å². The minimum Gasteiger partial charge on any atom is -0.304 e. The third-order valence-electron chi connectivity index (χ3n) is 1.73. The smallest absolute Gasteiger partial charge is 0.0107 e. The molecule has 0 amide bonds. The van der Waals surface area contributed by atoms with Gasteiger partial charge in [0.15, 0.2) is 0 Å². The third kappa shape index (κ3) is 3.79. The van der Waals surface area contributed by atoms with Crippen molar-refractivity contribution in [2.45, 2.75) is 0 Å². The summed E-state index contributed by atoms with van der Waals surface area (Å²) in [7, 11) is 4.35. The first-order valence-electron chi connectivity index (χ1n) is 3.49. The lowest BCUT2D eigenvalue weighted by Crippen LogP contribution is -2.42. The first-order chi connectivity index (χ1) is 4.79. The summed E-state index contributed by atoms with van der Waals surface area (Å²) in [6.07, 6.45) is 0. The Kier molecular flexibility index (Phi) is 5.52. The number of likely N-dealkylation sites (N-methyl/N-ethyl adjacent to an activating group) is 2. The quantitative estimate of drug-likeness (QED) is 0.329. The molecule has 1 aliphatic heterocycles. The average molecular weight is 146 g/mol. The van der Waals surface area contributed by atoms with E-state index in [2.05, 4.69) is 35.6 Å². The van der Waals surface area contributed by atoms with Gasteiger partial charge in [-0.2, -0.15) is 0 Å². The first kappa shape index (κ1) is 9.84. The van der Waals surface area contributed by atoms with Gasteiger partial charge in [-0.1, -0.05) is 0 Å². The molecule has 0 radical (unpaired) electrons. The Bertz CT molecular complexity index is 58.1. The first-order valence-corrected chi connectivity index (χ1v) is 3.49. The van der Waals surface area contributed by atoms with E-state index in [4.69, 9.17) is 0 Å². The predicted octanol–water partition coefficient (Wildman–Crippen LogP) is -1.32. The Morgan fingerprint density at radius 1 is 0.800 bits per heavy atom. The molecule has 62 valence electrons. The highest BCUT2D eigenvalue weighted by atomic mass is 15.2. The van der Waals surface area contributed by atoms with E-state index in [-0.39, 0.29) is 0 Å². The van der Waals surface area contributed by atoms with Crippen molar-refractivity contribution in [2.75, 3.05) is 40.3 Å². The SMILES string of the molecule is CN1CCN(C)CC1.NN. The third-order valence-corrected chi connectivity index (χ3v) is 1.73. The molecule has 4 heteroatoms. The molecule has 1 aliphatic rings. The molecule has 0 aliphatic carbocycles.